The Morgan fingerprint density at radius 3 is 2.68 bits per heavy atom. The maximum Gasteiger partial charge on any atom is 0.250 e. The molecule has 1 unspecified atom stereocenters. The first kappa shape index (κ1) is 12.4. The second kappa shape index (κ2) is 4.49. The molecule has 1 saturated carbocycles. The zero-order chi connectivity index (χ0) is 13.6. The normalized spacial score (nSPS) is 23.5. The summed E-state index contributed by atoms with van der Waals surface area (Å²) in [5.74, 6) is -0.632. The number of carbonyl (C=O) groups excluding carboxylic acids is 2. The molecule has 2 amide bonds. The largest absolute Gasteiger partial charge is 0.342 e. The number of anilines is 1. The number of carbonyl (C=O) groups is 2. The molecule has 2 aliphatic rings. The Bertz CT molecular complexity index is 560. The van der Waals surface area contributed by atoms with Gasteiger partial charge in [-0.25, -0.2) is 4.39 Å². The second-order valence-corrected chi connectivity index (χ2v) is 5.31. The minimum atomic E-state index is -0.471. The minimum absolute atomic E-state index is 0.0760. The Morgan fingerprint density at radius 2 is 2.05 bits per heavy atom. The molecule has 0 spiro atoms. The zero-order valence-electron chi connectivity index (χ0n) is 10.0. The molecule has 1 N–H and O–H groups in total. The zero-order valence-corrected chi connectivity index (χ0v) is 10.8. The molecule has 1 aromatic carbocycles. The van der Waals surface area contributed by atoms with E-state index in [-0.39, 0.29) is 29.3 Å². The molecule has 0 bridgehead atoms. The van der Waals surface area contributed by atoms with E-state index in [4.69, 9.17) is 11.6 Å². The number of hydrogen-bond donors (Lipinski definition) is 1. The van der Waals surface area contributed by atoms with E-state index in [9.17, 15) is 14.0 Å². The van der Waals surface area contributed by atoms with Gasteiger partial charge in [0.15, 0.2) is 0 Å². The van der Waals surface area contributed by atoms with Crippen molar-refractivity contribution in [1.29, 1.82) is 0 Å². The van der Waals surface area contributed by atoms with E-state index in [1.54, 1.807) is 0 Å². The molecular formula is C13H12ClFN2O2. The molecule has 19 heavy (non-hydrogen) atoms. The van der Waals surface area contributed by atoms with Crippen molar-refractivity contribution in [2.24, 2.45) is 5.92 Å². The fraction of sp³-hybridized carbons (Fsp3) is 0.385. The third-order valence-electron chi connectivity index (χ3n) is 3.44. The third-order valence-corrected chi connectivity index (χ3v) is 3.75. The monoisotopic (exact) mass is 282 g/mol. The standard InChI is InChI=1S/C13H12ClFN2O2/c14-9-5-8(15)3-4-10(9)17-6-11(18)16-12(13(17)19)7-1-2-7/h3-5,7,12H,1-2,6H2,(H,16,18). The van der Waals surface area contributed by atoms with Crippen molar-refractivity contribution >= 4 is 29.1 Å². The summed E-state index contributed by atoms with van der Waals surface area (Å²) in [5, 5.41) is 2.85. The van der Waals surface area contributed by atoms with Gasteiger partial charge < -0.3 is 5.32 Å². The molecule has 2 fully saturated rings. The average Bonchev–Trinajstić information content (AvgIpc) is 3.16. The second-order valence-electron chi connectivity index (χ2n) is 4.90. The van der Waals surface area contributed by atoms with Gasteiger partial charge in [0.05, 0.1) is 10.7 Å². The number of benzene rings is 1. The van der Waals surface area contributed by atoms with E-state index in [0.29, 0.717) is 5.69 Å². The van der Waals surface area contributed by atoms with Gasteiger partial charge in [-0.05, 0) is 37.0 Å². The molecule has 1 aliphatic heterocycles. The van der Waals surface area contributed by atoms with Crippen LogP contribution in [0.1, 0.15) is 12.8 Å². The first-order valence-electron chi connectivity index (χ1n) is 6.12. The van der Waals surface area contributed by atoms with Gasteiger partial charge in [0, 0.05) is 0 Å². The lowest BCUT2D eigenvalue weighted by molar-refractivity contribution is -0.131. The van der Waals surface area contributed by atoms with Crippen LogP contribution in [0.5, 0.6) is 0 Å². The molecule has 1 aromatic rings. The fourth-order valence-electron chi connectivity index (χ4n) is 2.32. The first-order valence-corrected chi connectivity index (χ1v) is 6.50. The molecule has 1 aliphatic carbocycles. The van der Waals surface area contributed by atoms with Crippen LogP contribution >= 0.6 is 11.6 Å². The predicted molar refractivity (Wildman–Crippen MR) is 68.4 cm³/mol. The van der Waals surface area contributed by atoms with Crippen LogP contribution in [-0.2, 0) is 9.59 Å². The van der Waals surface area contributed by atoms with E-state index in [1.165, 1.54) is 17.0 Å². The fourth-order valence-corrected chi connectivity index (χ4v) is 2.59. The maximum atomic E-state index is 13.0. The Morgan fingerprint density at radius 1 is 1.32 bits per heavy atom. The van der Waals surface area contributed by atoms with Crippen molar-refractivity contribution in [2.45, 2.75) is 18.9 Å². The van der Waals surface area contributed by atoms with Gasteiger partial charge in [-0.1, -0.05) is 11.6 Å². The number of nitrogens with one attached hydrogen (secondary N) is 1. The van der Waals surface area contributed by atoms with E-state index in [2.05, 4.69) is 5.32 Å². The Balaban J connectivity index is 1.93. The summed E-state index contributed by atoms with van der Waals surface area (Å²) >= 11 is 5.95. The van der Waals surface area contributed by atoms with E-state index >= 15 is 0 Å². The van der Waals surface area contributed by atoms with Crippen molar-refractivity contribution in [3.05, 3.63) is 29.0 Å². The van der Waals surface area contributed by atoms with Crippen LogP contribution in [0.3, 0.4) is 0 Å². The summed E-state index contributed by atoms with van der Waals surface area (Å²) in [6, 6.07) is 3.33. The number of halogens is 2. The minimum Gasteiger partial charge on any atom is -0.342 e. The summed E-state index contributed by atoms with van der Waals surface area (Å²) in [4.78, 5) is 25.4. The molecule has 1 saturated heterocycles. The summed E-state index contributed by atoms with van der Waals surface area (Å²) in [5.41, 5.74) is 0.383. The van der Waals surface area contributed by atoms with E-state index in [1.807, 2.05) is 0 Å². The van der Waals surface area contributed by atoms with Crippen LogP contribution < -0.4 is 10.2 Å². The molecule has 0 radical (unpaired) electrons. The Kier molecular flexibility index (Phi) is 2.93. The number of hydrogen-bond acceptors (Lipinski definition) is 2. The summed E-state index contributed by atoms with van der Waals surface area (Å²) in [6.07, 6.45) is 1.89. The molecule has 100 valence electrons. The molecule has 0 aromatic heterocycles. The van der Waals surface area contributed by atoms with Crippen LogP contribution in [0.2, 0.25) is 5.02 Å². The number of rotatable bonds is 2. The van der Waals surface area contributed by atoms with E-state index < -0.39 is 11.9 Å². The summed E-state index contributed by atoms with van der Waals surface area (Å²) in [6.45, 7) is -0.0760. The van der Waals surface area contributed by atoms with Gasteiger partial charge in [-0.15, -0.1) is 0 Å². The lowest BCUT2D eigenvalue weighted by Crippen LogP contribution is -2.59. The van der Waals surface area contributed by atoms with Gasteiger partial charge in [-0.2, -0.15) is 0 Å². The maximum absolute atomic E-state index is 13.0. The topological polar surface area (TPSA) is 49.4 Å². The Labute approximate surface area is 114 Å². The lowest BCUT2D eigenvalue weighted by Gasteiger charge is -2.33. The number of piperazine rings is 1. The van der Waals surface area contributed by atoms with Crippen molar-refractivity contribution in [3.8, 4) is 0 Å². The number of nitrogens with zero attached hydrogens (tertiary/aromatic N) is 1. The van der Waals surface area contributed by atoms with Gasteiger partial charge in [0.1, 0.15) is 18.4 Å². The first-order chi connectivity index (χ1) is 9.06. The highest BCUT2D eigenvalue weighted by Gasteiger charge is 2.43. The molecular weight excluding hydrogens is 271 g/mol. The quantitative estimate of drug-likeness (QED) is 0.898. The van der Waals surface area contributed by atoms with Crippen LogP contribution in [0.4, 0.5) is 10.1 Å². The summed E-state index contributed by atoms with van der Waals surface area (Å²) < 4.78 is 13.0. The van der Waals surface area contributed by atoms with Crippen molar-refractivity contribution in [2.75, 3.05) is 11.4 Å². The molecule has 1 heterocycles. The highest BCUT2D eigenvalue weighted by molar-refractivity contribution is 6.34. The smallest absolute Gasteiger partial charge is 0.250 e. The highest BCUT2D eigenvalue weighted by atomic mass is 35.5. The van der Waals surface area contributed by atoms with Crippen molar-refractivity contribution < 1.29 is 14.0 Å². The molecule has 3 rings (SSSR count). The molecule has 4 nitrogen and oxygen atoms in total. The van der Waals surface area contributed by atoms with Gasteiger partial charge in [0.25, 0.3) is 0 Å². The number of amides is 2. The van der Waals surface area contributed by atoms with E-state index in [0.717, 1.165) is 18.9 Å². The predicted octanol–water partition coefficient (Wildman–Crippen LogP) is 1.72. The van der Waals surface area contributed by atoms with Crippen LogP contribution in [0.25, 0.3) is 0 Å². The van der Waals surface area contributed by atoms with Gasteiger partial charge in [-0.3, -0.25) is 14.5 Å². The SMILES string of the molecule is O=C1CN(c2ccc(F)cc2Cl)C(=O)C(C2CC2)N1. The molecule has 6 heteroatoms. The lowest BCUT2D eigenvalue weighted by atomic mass is 10.1. The Hall–Kier alpha value is -1.62. The summed E-state index contributed by atoms with van der Waals surface area (Å²) in [7, 11) is 0. The highest BCUT2D eigenvalue weighted by Crippen LogP contribution is 2.36. The van der Waals surface area contributed by atoms with Gasteiger partial charge >= 0.3 is 0 Å². The van der Waals surface area contributed by atoms with Crippen molar-refractivity contribution in [1.82, 2.24) is 5.32 Å². The van der Waals surface area contributed by atoms with Crippen LogP contribution in [0, 0.1) is 11.7 Å². The van der Waals surface area contributed by atoms with Crippen molar-refractivity contribution in [3.63, 3.8) is 0 Å². The average molecular weight is 283 g/mol. The third kappa shape index (κ3) is 2.30. The van der Waals surface area contributed by atoms with Crippen LogP contribution in [-0.4, -0.2) is 24.4 Å². The molecule has 1 atom stereocenters. The van der Waals surface area contributed by atoms with Crippen LogP contribution in [0.15, 0.2) is 18.2 Å². The van der Waals surface area contributed by atoms with Gasteiger partial charge in [0.2, 0.25) is 11.8 Å².